The molecule has 2 heteroatoms. The molecule has 0 bridgehead atoms. The highest BCUT2D eigenvalue weighted by atomic mass is 16.5. The number of hydrogen-bond acceptors (Lipinski definition) is 2. The van der Waals surface area contributed by atoms with Crippen LogP contribution in [0.5, 0.6) is 0 Å². The van der Waals surface area contributed by atoms with E-state index in [4.69, 9.17) is 4.74 Å². The summed E-state index contributed by atoms with van der Waals surface area (Å²) in [5.74, 6) is -0.219. The minimum atomic E-state index is -0.219. The molecule has 0 aliphatic heterocycles. The van der Waals surface area contributed by atoms with E-state index in [1.54, 1.807) is 0 Å². The van der Waals surface area contributed by atoms with Gasteiger partial charge in [0.05, 0.1) is 12.2 Å². The molecule has 0 amide bonds. The predicted octanol–water partition coefficient (Wildman–Crippen LogP) is 6.18. The Morgan fingerprint density at radius 3 is 2.43 bits per heavy atom. The van der Waals surface area contributed by atoms with Crippen molar-refractivity contribution in [3.8, 4) is 0 Å². The van der Waals surface area contributed by atoms with Crippen LogP contribution in [-0.2, 0) is 11.2 Å². The fourth-order valence-corrected chi connectivity index (χ4v) is 3.05. The predicted molar refractivity (Wildman–Crippen MR) is 97.9 cm³/mol. The van der Waals surface area contributed by atoms with Gasteiger partial charge in [-0.05, 0) is 42.9 Å². The second kappa shape index (κ2) is 10.5. The van der Waals surface area contributed by atoms with Gasteiger partial charge in [0.25, 0.3) is 0 Å². The monoisotopic (exact) mass is 318 g/mol. The van der Waals surface area contributed by atoms with E-state index in [0.29, 0.717) is 12.2 Å². The summed E-state index contributed by atoms with van der Waals surface area (Å²) in [6.07, 6.45) is 10.3. The maximum Gasteiger partial charge on any atom is 0.338 e. The summed E-state index contributed by atoms with van der Waals surface area (Å²) >= 11 is 0. The zero-order chi connectivity index (χ0) is 17.1. The van der Waals surface area contributed by atoms with E-state index in [-0.39, 0.29) is 11.4 Å². The number of carbonyl (C=O) groups is 1. The third-order valence-electron chi connectivity index (χ3n) is 4.33. The smallest absolute Gasteiger partial charge is 0.338 e. The first-order valence-electron chi connectivity index (χ1n) is 9.24. The fourth-order valence-electron chi connectivity index (χ4n) is 3.05. The van der Waals surface area contributed by atoms with Gasteiger partial charge in [0.15, 0.2) is 0 Å². The van der Waals surface area contributed by atoms with Gasteiger partial charge in [0.1, 0.15) is 0 Å². The van der Waals surface area contributed by atoms with Gasteiger partial charge >= 0.3 is 5.97 Å². The Labute approximate surface area is 142 Å². The summed E-state index contributed by atoms with van der Waals surface area (Å²) in [4.78, 5) is 11.8. The number of ether oxygens (including phenoxy) is 1. The van der Waals surface area contributed by atoms with Crippen LogP contribution in [0.25, 0.3) is 0 Å². The summed E-state index contributed by atoms with van der Waals surface area (Å²) < 4.78 is 5.09. The quantitative estimate of drug-likeness (QED) is 0.359. The second-order valence-corrected chi connectivity index (χ2v) is 7.28. The van der Waals surface area contributed by atoms with Gasteiger partial charge in [-0.3, -0.25) is 0 Å². The largest absolute Gasteiger partial charge is 0.462 e. The molecule has 0 unspecified atom stereocenters. The minimum absolute atomic E-state index is 0.219. The second-order valence-electron chi connectivity index (χ2n) is 7.28. The van der Waals surface area contributed by atoms with E-state index in [1.807, 2.05) is 25.1 Å². The zero-order valence-electron chi connectivity index (χ0n) is 15.5. The zero-order valence-corrected chi connectivity index (χ0v) is 15.5. The lowest BCUT2D eigenvalue weighted by molar-refractivity contribution is 0.0526. The van der Waals surface area contributed by atoms with Gasteiger partial charge in [0, 0.05) is 0 Å². The number of carbonyl (C=O) groups excluding carboxylic acids is 1. The number of benzene rings is 1. The van der Waals surface area contributed by atoms with Crippen molar-refractivity contribution in [3.63, 3.8) is 0 Å². The minimum Gasteiger partial charge on any atom is -0.462 e. The molecule has 1 rings (SSSR count). The van der Waals surface area contributed by atoms with Crippen LogP contribution in [0, 0.1) is 5.41 Å². The first-order chi connectivity index (χ1) is 11.0. The summed E-state index contributed by atoms with van der Waals surface area (Å²) in [5, 5.41) is 0. The van der Waals surface area contributed by atoms with E-state index in [2.05, 4.69) is 26.8 Å². The van der Waals surface area contributed by atoms with E-state index < -0.39 is 0 Å². The topological polar surface area (TPSA) is 26.3 Å². The molecule has 1 aromatic rings. The van der Waals surface area contributed by atoms with Crippen molar-refractivity contribution in [2.75, 3.05) is 6.61 Å². The average molecular weight is 319 g/mol. The number of hydrogen-bond donors (Lipinski definition) is 0. The summed E-state index contributed by atoms with van der Waals surface area (Å²) in [6, 6.07) is 7.90. The molecule has 0 radical (unpaired) electrons. The van der Waals surface area contributed by atoms with Crippen molar-refractivity contribution in [1.29, 1.82) is 0 Å². The fraction of sp³-hybridized carbons (Fsp3) is 0.667. The van der Waals surface area contributed by atoms with Crippen LogP contribution in [-0.4, -0.2) is 12.6 Å². The standard InChI is InChI=1S/C21H34O2/c1-5-7-8-9-10-11-15-21(3,4)17-18-13-12-14-19(16-18)20(22)23-6-2/h12-14,16H,5-11,15,17H2,1-4H3. The SMILES string of the molecule is CCCCCCCCC(C)(C)Cc1cccc(C(=O)OCC)c1. The lowest BCUT2D eigenvalue weighted by Crippen LogP contribution is -2.15. The molecule has 0 aliphatic rings. The Morgan fingerprint density at radius 1 is 1.04 bits per heavy atom. The number of rotatable bonds is 11. The average Bonchev–Trinajstić information content (AvgIpc) is 2.51. The number of unbranched alkanes of at least 4 members (excludes halogenated alkanes) is 5. The molecule has 0 saturated heterocycles. The third-order valence-corrected chi connectivity index (χ3v) is 4.33. The molecular weight excluding hydrogens is 284 g/mol. The van der Waals surface area contributed by atoms with E-state index in [1.165, 1.54) is 50.5 Å². The van der Waals surface area contributed by atoms with Gasteiger partial charge in [-0.1, -0.05) is 71.4 Å². The van der Waals surface area contributed by atoms with Crippen LogP contribution in [0.3, 0.4) is 0 Å². The van der Waals surface area contributed by atoms with Crippen LogP contribution in [0.2, 0.25) is 0 Å². The molecule has 0 N–H and O–H groups in total. The highest BCUT2D eigenvalue weighted by Gasteiger charge is 2.19. The molecular formula is C21H34O2. The first kappa shape index (κ1) is 19.7. The van der Waals surface area contributed by atoms with Gasteiger partial charge < -0.3 is 4.74 Å². The molecule has 0 atom stereocenters. The molecule has 0 aromatic heterocycles. The van der Waals surface area contributed by atoms with E-state index >= 15 is 0 Å². The first-order valence-corrected chi connectivity index (χ1v) is 9.24. The van der Waals surface area contributed by atoms with Crippen LogP contribution < -0.4 is 0 Å². The van der Waals surface area contributed by atoms with Crippen molar-refractivity contribution < 1.29 is 9.53 Å². The molecule has 2 nitrogen and oxygen atoms in total. The lowest BCUT2D eigenvalue weighted by Gasteiger charge is -2.25. The summed E-state index contributed by atoms with van der Waals surface area (Å²) in [7, 11) is 0. The molecule has 0 spiro atoms. The van der Waals surface area contributed by atoms with Gasteiger partial charge in [-0.15, -0.1) is 0 Å². The van der Waals surface area contributed by atoms with Crippen molar-refractivity contribution >= 4 is 5.97 Å². The normalized spacial score (nSPS) is 11.5. The Bertz CT molecular complexity index is 463. The van der Waals surface area contributed by atoms with Crippen LogP contribution in [0.15, 0.2) is 24.3 Å². The maximum absolute atomic E-state index is 11.8. The van der Waals surface area contributed by atoms with Gasteiger partial charge in [-0.25, -0.2) is 4.79 Å². The molecule has 0 fully saturated rings. The summed E-state index contributed by atoms with van der Waals surface area (Å²) in [6.45, 7) is 9.18. The Balaban J connectivity index is 2.46. The Hall–Kier alpha value is -1.31. The molecule has 1 aromatic carbocycles. The Kier molecular flexibility index (Phi) is 8.98. The molecule has 0 saturated carbocycles. The molecule has 0 aliphatic carbocycles. The summed E-state index contributed by atoms with van der Waals surface area (Å²) in [5.41, 5.74) is 2.17. The highest BCUT2D eigenvalue weighted by Crippen LogP contribution is 2.29. The van der Waals surface area contributed by atoms with Crippen molar-refractivity contribution in [3.05, 3.63) is 35.4 Å². The highest BCUT2D eigenvalue weighted by molar-refractivity contribution is 5.89. The van der Waals surface area contributed by atoms with Crippen LogP contribution in [0.4, 0.5) is 0 Å². The Morgan fingerprint density at radius 2 is 1.74 bits per heavy atom. The van der Waals surface area contributed by atoms with E-state index in [0.717, 1.165) is 6.42 Å². The maximum atomic E-state index is 11.8. The van der Waals surface area contributed by atoms with Gasteiger partial charge in [0.2, 0.25) is 0 Å². The third kappa shape index (κ3) is 8.20. The van der Waals surface area contributed by atoms with Crippen LogP contribution in [0.1, 0.15) is 88.6 Å². The molecule has 23 heavy (non-hydrogen) atoms. The lowest BCUT2D eigenvalue weighted by atomic mass is 9.81. The van der Waals surface area contributed by atoms with E-state index in [9.17, 15) is 4.79 Å². The van der Waals surface area contributed by atoms with Crippen LogP contribution >= 0.6 is 0 Å². The molecule has 130 valence electrons. The molecule has 0 heterocycles. The van der Waals surface area contributed by atoms with Crippen molar-refractivity contribution in [1.82, 2.24) is 0 Å². The van der Waals surface area contributed by atoms with Gasteiger partial charge in [-0.2, -0.15) is 0 Å². The van der Waals surface area contributed by atoms with Crippen molar-refractivity contribution in [2.45, 2.75) is 79.1 Å². The number of esters is 1. The van der Waals surface area contributed by atoms with Crippen molar-refractivity contribution in [2.24, 2.45) is 5.41 Å².